The first-order valence-corrected chi connectivity index (χ1v) is 13.6. The fraction of sp³-hybridized carbons (Fsp3) is 0.333. The number of rotatable bonds is 7. The zero-order valence-electron chi connectivity index (χ0n) is 22.5. The molecule has 1 amide bonds. The van der Waals surface area contributed by atoms with Gasteiger partial charge in [-0.1, -0.05) is 81.8 Å². The molecule has 1 aliphatic heterocycles. The van der Waals surface area contributed by atoms with Gasteiger partial charge in [-0.25, -0.2) is 0 Å². The number of unbranched alkanes of at least 4 members (excludes halogenated alkanes) is 1. The van der Waals surface area contributed by atoms with E-state index in [-0.39, 0.29) is 23.5 Å². The molecular weight excluding hydrogens is 472 g/mol. The van der Waals surface area contributed by atoms with E-state index in [1.54, 1.807) is 0 Å². The first kappa shape index (κ1) is 25.8. The van der Waals surface area contributed by atoms with E-state index in [4.69, 9.17) is 4.74 Å². The minimum atomic E-state index is -0.536. The molecule has 1 N–H and O–H groups in total. The largest absolute Gasteiger partial charge is 0.494 e. The average molecular weight is 509 g/mol. The molecule has 0 spiro atoms. The molecule has 0 fully saturated rings. The molecule has 0 unspecified atom stereocenters. The molecule has 0 radical (unpaired) electrons. The maximum atomic E-state index is 14.2. The number of allylic oxidation sites excluding steroid dienone is 1. The summed E-state index contributed by atoms with van der Waals surface area (Å²) in [7, 11) is 0. The average Bonchev–Trinajstić information content (AvgIpc) is 3.03. The molecular formula is C33H36N2O3. The fourth-order valence-electron chi connectivity index (χ4n) is 5.51. The van der Waals surface area contributed by atoms with Crippen molar-refractivity contribution in [2.24, 2.45) is 5.41 Å². The number of hydrogen-bond donors (Lipinski definition) is 1. The number of para-hydroxylation sites is 2. The van der Waals surface area contributed by atoms with E-state index in [0.29, 0.717) is 18.6 Å². The molecule has 0 aromatic heterocycles. The van der Waals surface area contributed by atoms with E-state index in [2.05, 4.69) is 26.1 Å². The van der Waals surface area contributed by atoms with Crippen molar-refractivity contribution in [1.29, 1.82) is 0 Å². The van der Waals surface area contributed by atoms with Gasteiger partial charge in [0.25, 0.3) is 0 Å². The van der Waals surface area contributed by atoms with Gasteiger partial charge in [-0.15, -0.1) is 0 Å². The van der Waals surface area contributed by atoms with E-state index in [1.165, 1.54) is 0 Å². The van der Waals surface area contributed by atoms with Gasteiger partial charge >= 0.3 is 0 Å². The molecule has 5 heteroatoms. The Morgan fingerprint density at radius 1 is 0.974 bits per heavy atom. The number of ether oxygens (including phenoxy) is 1. The summed E-state index contributed by atoms with van der Waals surface area (Å²) in [6, 6.07) is 25.0. The van der Waals surface area contributed by atoms with Gasteiger partial charge in [0.05, 0.1) is 30.4 Å². The standard InChI is InChI=1S/C33H36N2O3/c1-4-5-19-38-25-17-15-24(16-18-25)32-31-27(21-33(2,3)22-29(31)36)34-26-13-9-10-14-28(26)35(32)30(37)20-23-11-7-6-8-12-23/h6-18,32,34H,4-5,19-22H2,1-3H3/t32-/m1/s1. The maximum Gasteiger partial charge on any atom is 0.232 e. The summed E-state index contributed by atoms with van der Waals surface area (Å²) >= 11 is 0. The molecule has 5 nitrogen and oxygen atoms in total. The monoisotopic (exact) mass is 508 g/mol. The van der Waals surface area contributed by atoms with Crippen LogP contribution in [0.5, 0.6) is 5.75 Å². The molecule has 1 heterocycles. The van der Waals surface area contributed by atoms with Crippen LogP contribution in [0.25, 0.3) is 0 Å². The van der Waals surface area contributed by atoms with E-state index in [9.17, 15) is 9.59 Å². The van der Waals surface area contributed by atoms with Crippen molar-refractivity contribution >= 4 is 23.1 Å². The second-order valence-electron chi connectivity index (χ2n) is 11.1. The van der Waals surface area contributed by atoms with Crippen LogP contribution in [0.15, 0.2) is 90.1 Å². The lowest BCUT2D eigenvalue weighted by molar-refractivity contribution is -0.119. The van der Waals surface area contributed by atoms with Gasteiger partial charge in [-0.3, -0.25) is 14.5 Å². The summed E-state index contributed by atoms with van der Waals surface area (Å²) in [5, 5.41) is 3.58. The zero-order valence-corrected chi connectivity index (χ0v) is 22.5. The summed E-state index contributed by atoms with van der Waals surface area (Å²) in [5.74, 6) is 0.828. The number of nitrogens with zero attached hydrogens (tertiary/aromatic N) is 1. The van der Waals surface area contributed by atoms with Gasteiger partial charge < -0.3 is 10.1 Å². The van der Waals surface area contributed by atoms with Gasteiger partial charge in [-0.2, -0.15) is 0 Å². The smallest absolute Gasteiger partial charge is 0.232 e. The van der Waals surface area contributed by atoms with Gasteiger partial charge in [0.1, 0.15) is 5.75 Å². The highest BCUT2D eigenvalue weighted by molar-refractivity contribution is 6.06. The first-order chi connectivity index (χ1) is 18.4. The summed E-state index contributed by atoms with van der Waals surface area (Å²) in [4.78, 5) is 29.8. The molecule has 196 valence electrons. The number of carbonyl (C=O) groups is 2. The number of nitrogens with one attached hydrogen (secondary N) is 1. The quantitative estimate of drug-likeness (QED) is 0.342. The van der Waals surface area contributed by atoms with Crippen LogP contribution in [0.4, 0.5) is 11.4 Å². The van der Waals surface area contributed by atoms with Crippen molar-refractivity contribution in [1.82, 2.24) is 0 Å². The van der Waals surface area contributed by atoms with E-state index in [1.807, 2.05) is 83.8 Å². The van der Waals surface area contributed by atoms with Crippen LogP contribution >= 0.6 is 0 Å². The molecule has 38 heavy (non-hydrogen) atoms. The molecule has 5 rings (SSSR count). The highest BCUT2D eigenvalue weighted by atomic mass is 16.5. The van der Waals surface area contributed by atoms with Crippen molar-refractivity contribution in [2.45, 2.75) is 58.9 Å². The number of hydrogen-bond acceptors (Lipinski definition) is 4. The van der Waals surface area contributed by atoms with E-state index < -0.39 is 6.04 Å². The molecule has 0 saturated heterocycles. The Bertz CT molecular complexity index is 1340. The lowest BCUT2D eigenvalue weighted by Crippen LogP contribution is -2.40. The molecule has 0 saturated carbocycles. The third kappa shape index (κ3) is 5.38. The van der Waals surface area contributed by atoms with E-state index >= 15 is 0 Å². The number of benzene rings is 3. The molecule has 3 aromatic carbocycles. The zero-order chi connectivity index (χ0) is 26.7. The third-order valence-corrected chi connectivity index (χ3v) is 7.33. The van der Waals surface area contributed by atoms with Crippen molar-refractivity contribution in [2.75, 3.05) is 16.8 Å². The summed E-state index contributed by atoms with van der Waals surface area (Å²) in [6.45, 7) is 7.06. The third-order valence-electron chi connectivity index (χ3n) is 7.33. The van der Waals surface area contributed by atoms with E-state index in [0.717, 1.165) is 53.2 Å². The number of amides is 1. The number of ketones is 1. The Hall–Kier alpha value is -3.86. The summed E-state index contributed by atoms with van der Waals surface area (Å²) < 4.78 is 5.91. The Kier molecular flexibility index (Phi) is 7.37. The number of Topliss-reactive ketones (excluding diaryl/α,β-unsaturated/α-hetero) is 1. The highest BCUT2D eigenvalue weighted by Crippen LogP contribution is 2.48. The molecule has 1 aliphatic carbocycles. The van der Waals surface area contributed by atoms with Crippen LogP contribution in [-0.2, 0) is 16.0 Å². The van der Waals surface area contributed by atoms with Crippen molar-refractivity contribution < 1.29 is 14.3 Å². The predicted molar refractivity (Wildman–Crippen MR) is 152 cm³/mol. The summed E-state index contributed by atoms with van der Waals surface area (Å²) in [5.41, 5.74) is 4.88. The topological polar surface area (TPSA) is 58.6 Å². The Labute approximate surface area is 225 Å². The van der Waals surface area contributed by atoms with Gasteiger partial charge in [-0.05, 0) is 53.6 Å². The van der Waals surface area contributed by atoms with Crippen molar-refractivity contribution in [3.63, 3.8) is 0 Å². The Balaban J connectivity index is 1.64. The van der Waals surface area contributed by atoms with Crippen LogP contribution in [0.1, 0.15) is 63.6 Å². The normalized spacial score (nSPS) is 18.2. The Morgan fingerprint density at radius 2 is 1.68 bits per heavy atom. The second kappa shape index (κ2) is 10.9. The van der Waals surface area contributed by atoms with Crippen LogP contribution in [0.3, 0.4) is 0 Å². The van der Waals surface area contributed by atoms with Gasteiger partial charge in [0.2, 0.25) is 5.91 Å². The number of anilines is 2. The minimum Gasteiger partial charge on any atom is -0.494 e. The van der Waals surface area contributed by atoms with Crippen LogP contribution in [-0.4, -0.2) is 18.3 Å². The molecule has 1 atom stereocenters. The SMILES string of the molecule is CCCCOc1ccc([C@@H]2C3=C(CC(C)(C)CC3=O)Nc3ccccc3N2C(=O)Cc2ccccc2)cc1. The lowest BCUT2D eigenvalue weighted by atomic mass is 9.73. The van der Waals surface area contributed by atoms with Crippen LogP contribution in [0.2, 0.25) is 0 Å². The van der Waals surface area contributed by atoms with Gasteiger partial charge in [0.15, 0.2) is 5.78 Å². The van der Waals surface area contributed by atoms with Crippen LogP contribution in [0, 0.1) is 5.41 Å². The van der Waals surface area contributed by atoms with Crippen molar-refractivity contribution in [3.8, 4) is 5.75 Å². The second-order valence-corrected chi connectivity index (χ2v) is 11.1. The number of fused-ring (bicyclic) bond motifs is 1. The molecule has 0 bridgehead atoms. The number of carbonyl (C=O) groups excluding carboxylic acids is 2. The lowest BCUT2D eigenvalue weighted by Gasteiger charge is -2.37. The van der Waals surface area contributed by atoms with Crippen LogP contribution < -0.4 is 15.0 Å². The maximum absolute atomic E-state index is 14.2. The fourth-order valence-corrected chi connectivity index (χ4v) is 5.51. The molecule has 3 aromatic rings. The first-order valence-electron chi connectivity index (χ1n) is 13.6. The predicted octanol–water partition coefficient (Wildman–Crippen LogP) is 7.25. The molecule has 2 aliphatic rings. The minimum absolute atomic E-state index is 0.0508. The highest BCUT2D eigenvalue weighted by Gasteiger charge is 2.43. The Morgan fingerprint density at radius 3 is 2.42 bits per heavy atom. The van der Waals surface area contributed by atoms with Crippen molar-refractivity contribution in [3.05, 3.63) is 101 Å². The summed E-state index contributed by atoms with van der Waals surface area (Å²) in [6.07, 6.45) is 3.48. The van der Waals surface area contributed by atoms with Gasteiger partial charge in [0, 0.05) is 17.7 Å².